The minimum Gasteiger partial charge on any atom is -0.479 e. The Morgan fingerprint density at radius 3 is 2.46 bits per heavy atom. The van der Waals surface area contributed by atoms with Gasteiger partial charge >= 0.3 is 5.97 Å². The van der Waals surface area contributed by atoms with Crippen LogP contribution < -0.4 is 5.32 Å². The number of anilines is 1. The molecule has 0 aliphatic heterocycles. The Bertz CT molecular complexity index is 1410. The number of rotatable bonds is 6. The molecule has 2 heterocycles. The average Bonchev–Trinajstić information content (AvgIpc) is 3.26. The first-order valence-corrected chi connectivity index (χ1v) is 12.0. The number of carboxylic acids is 1. The van der Waals surface area contributed by atoms with Crippen molar-refractivity contribution in [3.05, 3.63) is 76.6 Å². The molecule has 0 saturated heterocycles. The van der Waals surface area contributed by atoms with E-state index in [-0.39, 0.29) is 11.6 Å². The number of aromatic nitrogens is 2. The van der Waals surface area contributed by atoms with Crippen LogP contribution in [0, 0.1) is 13.8 Å². The highest BCUT2D eigenvalue weighted by Crippen LogP contribution is 2.38. The minimum atomic E-state index is -1.25. The lowest BCUT2D eigenvalue weighted by Gasteiger charge is -2.28. The molecule has 2 N–H and O–H groups in total. The van der Waals surface area contributed by atoms with Crippen LogP contribution in [0.3, 0.4) is 0 Å². The van der Waals surface area contributed by atoms with Crippen LogP contribution in [0.2, 0.25) is 0 Å². The summed E-state index contributed by atoms with van der Waals surface area (Å²) in [5.41, 5.74) is 5.66. The number of hydrogen-bond acceptors (Lipinski definition) is 6. The number of aliphatic carboxylic acids is 1. The first-order chi connectivity index (χ1) is 16.5. The van der Waals surface area contributed by atoms with E-state index >= 15 is 0 Å². The first-order valence-electron chi connectivity index (χ1n) is 11.2. The quantitative estimate of drug-likeness (QED) is 0.336. The van der Waals surface area contributed by atoms with Gasteiger partial charge in [-0.05, 0) is 69.5 Å². The number of carbonyl (C=O) groups excluding carboxylic acids is 1. The van der Waals surface area contributed by atoms with E-state index in [1.807, 2.05) is 63.2 Å². The SMILES string of the molecule is Cc1nc(C(=O)Nc2ccc3ncsc3c2)c(C)c(-c2ccccc2)c1[C@H](OC(C)(C)C)C(=O)O. The number of hydrogen-bond donors (Lipinski definition) is 2. The Morgan fingerprint density at radius 2 is 1.80 bits per heavy atom. The van der Waals surface area contributed by atoms with Crippen molar-refractivity contribution in [2.24, 2.45) is 0 Å². The predicted octanol–water partition coefficient (Wildman–Crippen LogP) is 6.17. The van der Waals surface area contributed by atoms with E-state index in [4.69, 9.17) is 4.74 Å². The van der Waals surface area contributed by atoms with Gasteiger partial charge in [0.1, 0.15) is 5.69 Å². The third-order valence-corrected chi connectivity index (χ3v) is 6.29. The van der Waals surface area contributed by atoms with Crippen molar-refractivity contribution in [1.29, 1.82) is 0 Å². The van der Waals surface area contributed by atoms with E-state index in [2.05, 4.69) is 15.3 Å². The molecule has 0 fully saturated rings. The molecule has 35 heavy (non-hydrogen) atoms. The third-order valence-electron chi connectivity index (χ3n) is 5.49. The fourth-order valence-electron chi connectivity index (χ4n) is 4.04. The number of carbonyl (C=O) groups is 2. The molecule has 0 saturated carbocycles. The largest absolute Gasteiger partial charge is 0.479 e. The standard InChI is InChI=1S/C27H27N3O4S/c1-15-21(17-9-7-6-8-10-17)22(24(26(32)33)34-27(3,4)5)16(2)29-23(15)25(31)30-18-11-12-19-20(13-18)35-14-28-19/h6-14,24H,1-5H3,(H,30,31)(H,32,33)/t24-/m0/s1. The second-order valence-corrected chi connectivity index (χ2v) is 10.1. The molecule has 2 aromatic heterocycles. The van der Waals surface area contributed by atoms with Gasteiger partial charge in [0.25, 0.3) is 5.91 Å². The number of thiazole rings is 1. The van der Waals surface area contributed by atoms with Gasteiger partial charge in [-0.25, -0.2) is 14.8 Å². The molecule has 7 nitrogen and oxygen atoms in total. The highest BCUT2D eigenvalue weighted by Gasteiger charge is 2.33. The number of carboxylic acid groups (broad SMARTS) is 1. The van der Waals surface area contributed by atoms with Crippen LogP contribution >= 0.6 is 11.3 Å². The topological polar surface area (TPSA) is 101 Å². The maximum atomic E-state index is 13.4. The lowest BCUT2D eigenvalue weighted by atomic mass is 9.89. The van der Waals surface area contributed by atoms with E-state index in [9.17, 15) is 14.7 Å². The number of benzene rings is 2. The van der Waals surface area contributed by atoms with Crippen LogP contribution in [-0.2, 0) is 9.53 Å². The van der Waals surface area contributed by atoms with Gasteiger partial charge in [-0.2, -0.15) is 0 Å². The Labute approximate surface area is 207 Å². The van der Waals surface area contributed by atoms with Crippen molar-refractivity contribution in [1.82, 2.24) is 9.97 Å². The molecule has 0 aliphatic rings. The number of nitrogens with zero attached hydrogens (tertiary/aromatic N) is 2. The van der Waals surface area contributed by atoms with Crippen LogP contribution in [0.15, 0.2) is 54.0 Å². The molecule has 0 unspecified atom stereocenters. The lowest BCUT2D eigenvalue weighted by Crippen LogP contribution is -2.29. The smallest absolute Gasteiger partial charge is 0.337 e. The average molecular weight is 490 g/mol. The molecule has 0 bridgehead atoms. The molecule has 8 heteroatoms. The van der Waals surface area contributed by atoms with Gasteiger partial charge in [0.2, 0.25) is 0 Å². The highest BCUT2D eigenvalue weighted by molar-refractivity contribution is 7.16. The molecule has 1 atom stereocenters. The van der Waals surface area contributed by atoms with Gasteiger partial charge in [0.15, 0.2) is 6.10 Å². The van der Waals surface area contributed by atoms with Crippen LogP contribution in [0.25, 0.3) is 21.3 Å². The minimum absolute atomic E-state index is 0.231. The van der Waals surface area contributed by atoms with Crippen molar-refractivity contribution in [3.8, 4) is 11.1 Å². The summed E-state index contributed by atoms with van der Waals surface area (Å²) >= 11 is 1.49. The Morgan fingerprint density at radius 1 is 1.09 bits per heavy atom. The molecular formula is C27H27N3O4S. The van der Waals surface area contributed by atoms with Crippen molar-refractivity contribution < 1.29 is 19.4 Å². The number of amides is 1. The van der Waals surface area contributed by atoms with Crippen molar-refractivity contribution >= 4 is 39.1 Å². The zero-order chi connectivity index (χ0) is 25.3. The molecular weight excluding hydrogens is 462 g/mol. The Balaban J connectivity index is 1.84. The highest BCUT2D eigenvalue weighted by atomic mass is 32.1. The normalized spacial score (nSPS) is 12.5. The van der Waals surface area contributed by atoms with Gasteiger partial charge in [0, 0.05) is 16.9 Å². The summed E-state index contributed by atoms with van der Waals surface area (Å²) in [5, 5.41) is 13.0. The third kappa shape index (κ3) is 5.23. The van der Waals surface area contributed by atoms with Crippen molar-refractivity contribution in [3.63, 3.8) is 0 Å². The molecule has 0 aliphatic carbocycles. The number of pyridine rings is 1. The lowest BCUT2D eigenvalue weighted by molar-refractivity contribution is -0.160. The van der Waals surface area contributed by atoms with E-state index in [1.165, 1.54) is 11.3 Å². The second-order valence-electron chi connectivity index (χ2n) is 9.26. The van der Waals surface area contributed by atoms with Crippen LogP contribution in [-0.4, -0.2) is 32.6 Å². The predicted molar refractivity (Wildman–Crippen MR) is 138 cm³/mol. The summed E-state index contributed by atoms with van der Waals surface area (Å²) < 4.78 is 6.93. The summed E-state index contributed by atoms with van der Waals surface area (Å²) in [7, 11) is 0. The number of nitrogens with one attached hydrogen (secondary N) is 1. The zero-order valence-corrected chi connectivity index (χ0v) is 21.1. The number of aryl methyl sites for hydroxylation is 1. The second kappa shape index (κ2) is 9.56. The monoisotopic (exact) mass is 489 g/mol. The molecule has 180 valence electrons. The zero-order valence-electron chi connectivity index (χ0n) is 20.2. The van der Waals surface area contributed by atoms with Gasteiger partial charge in [-0.3, -0.25) is 4.79 Å². The van der Waals surface area contributed by atoms with Gasteiger partial charge in [-0.15, -0.1) is 11.3 Å². The van der Waals surface area contributed by atoms with Gasteiger partial charge in [-0.1, -0.05) is 30.3 Å². The van der Waals surface area contributed by atoms with Crippen LogP contribution in [0.4, 0.5) is 5.69 Å². The van der Waals surface area contributed by atoms with E-state index < -0.39 is 17.7 Å². The summed E-state index contributed by atoms with van der Waals surface area (Å²) in [6, 6.07) is 14.9. The van der Waals surface area contributed by atoms with Gasteiger partial charge < -0.3 is 15.2 Å². The molecule has 4 aromatic rings. The van der Waals surface area contributed by atoms with Crippen molar-refractivity contribution in [2.75, 3.05) is 5.32 Å². The number of ether oxygens (including phenoxy) is 1. The maximum absolute atomic E-state index is 13.4. The maximum Gasteiger partial charge on any atom is 0.337 e. The van der Waals surface area contributed by atoms with E-state index in [0.29, 0.717) is 28.1 Å². The molecule has 4 rings (SSSR count). The molecule has 0 spiro atoms. The molecule has 2 aromatic carbocycles. The van der Waals surface area contributed by atoms with Crippen LogP contribution in [0.1, 0.15) is 54.2 Å². The fraction of sp³-hybridized carbons (Fsp3) is 0.259. The summed E-state index contributed by atoms with van der Waals surface area (Å²) in [6.07, 6.45) is -1.25. The fourth-order valence-corrected chi connectivity index (χ4v) is 4.76. The number of fused-ring (bicyclic) bond motifs is 1. The first kappa shape index (κ1) is 24.5. The molecule has 0 radical (unpaired) electrons. The van der Waals surface area contributed by atoms with Crippen LogP contribution in [0.5, 0.6) is 0 Å². The summed E-state index contributed by atoms with van der Waals surface area (Å²) in [6.45, 7) is 8.92. The Hall–Kier alpha value is -3.62. The van der Waals surface area contributed by atoms with E-state index in [1.54, 1.807) is 25.4 Å². The van der Waals surface area contributed by atoms with Gasteiger partial charge in [0.05, 0.1) is 21.3 Å². The summed E-state index contributed by atoms with van der Waals surface area (Å²) in [4.78, 5) is 34.5. The molecule has 1 amide bonds. The summed E-state index contributed by atoms with van der Waals surface area (Å²) in [5.74, 6) is -1.49. The van der Waals surface area contributed by atoms with Crippen molar-refractivity contribution in [2.45, 2.75) is 46.3 Å². The van der Waals surface area contributed by atoms with E-state index in [0.717, 1.165) is 15.8 Å². The Kier molecular flexibility index (Phi) is 6.69.